The highest BCUT2D eigenvalue weighted by Gasteiger charge is 2.40. The Balaban J connectivity index is 2.10. The minimum atomic E-state index is 0.355. The van der Waals surface area contributed by atoms with Crippen molar-refractivity contribution < 1.29 is 4.74 Å². The van der Waals surface area contributed by atoms with E-state index in [2.05, 4.69) is 47.1 Å². The van der Waals surface area contributed by atoms with E-state index in [9.17, 15) is 0 Å². The first-order chi connectivity index (χ1) is 5.79. The monoisotopic (exact) mass is 226 g/mol. The summed E-state index contributed by atoms with van der Waals surface area (Å²) in [4.78, 5) is 0.355. The van der Waals surface area contributed by atoms with Crippen LogP contribution in [0.2, 0.25) is 0 Å². The maximum absolute atomic E-state index is 5.39. The standard InChI is InChI=1S/C10H11BrO/c1-7-10(12-7)9(11)8-5-3-2-4-6-8/h2-7,9-10H,1H3. The molecule has 1 aliphatic heterocycles. The van der Waals surface area contributed by atoms with Gasteiger partial charge in [0.15, 0.2) is 0 Å². The molecule has 0 aromatic heterocycles. The van der Waals surface area contributed by atoms with Crippen LogP contribution in [0.15, 0.2) is 30.3 Å². The van der Waals surface area contributed by atoms with Gasteiger partial charge in [0.05, 0.1) is 10.9 Å². The molecule has 1 saturated heterocycles. The molecule has 2 heteroatoms. The van der Waals surface area contributed by atoms with Crippen molar-refractivity contribution in [3.8, 4) is 0 Å². The quantitative estimate of drug-likeness (QED) is 0.559. The maximum atomic E-state index is 5.39. The zero-order valence-corrected chi connectivity index (χ0v) is 8.49. The predicted octanol–water partition coefficient (Wildman–Crippen LogP) is 2.91. The fourth-order valence-corrected chi connectivity index (χ4v) is 2.20. The lowest BCUT2D eigenvalue weighted by atomic mass is 10.1. The minimum Gasteiger partial charge on any atom is -0.368 e. The summed E-state index contributed by atoms with van der Waals surface area (Å²) in [5.74, 6) is 0. The van der Waals surface area contributed by atoms with E-state index in [0.29, 0.717) is 17.0 Å². The second-order valence-corrected chi connectivity index (χ2v) is 4.10. The van der Waals surface area contributed by atoms with Gasteiger partial charge in [-0.3, -0.25) is 0 Å². The van der Waals surface area contributed by atoms with Crippen LogP contribution in [0.1, 0.15) is 17.3 Å². The first-order valence-electron chi connectivity index (χ1n) is 4.13. The first kappa shape index (κ1) is 8.27. The summed E-state index contributed by atoms with van der Waals surface area (Å²) >= 11 is 3.63. The van der Waals surface area contributed by atoms with Gasteiger partial charge in [-0.05, 0) is 12.5 Å². The molecule has 1 heterocycles. The Morgan fingerprint density at radius 1 is 1.33 bits per heavy atom. The van der Waals surface area contributed by atoms with E-state index in [0.717, 1.165) is 0 Å². The van der Waals surface area contributed by atoms with Gasteiger partial charge in [-0.25, -0.2) is 0 Å². The number of epoxide rings is 1. The summed E-state index contributed by atoms with van der Waals surface area (Å²) in [5, 5.41) is 0. The second kappa shape index (κ2) is 3.19. The van der Waals surface area contributed by atoms with Crippen molar-refractivity contribution in [2.24, 2.45) is 0 Å². The van der Waals surface area contributed by atoms with E-state index in [1.165, 1.54) is 5.56 Å². The molecule has 2 rings (SSSR count). The van der Waals surface area contributed by atoms with Crippen molar-refractivity contribution in [1.82, 2.24) is 0 Å². The SMILES string of the molecule is CC1OC1C(Br)c1ccccc1. The molecule has 12 heavy (non-hydrogen) atoms. The third-order valence-electron chi connectivity index (χ3n) is 2.16. The molecule has 0 radical (unpaired) electrons. The van der Waals surface area contributed by atoms with Gasteiger partial charge in [-0.2, -0.15) is 0 Å². The fraction of sp³-hybridized carbons (Fsp3) is 0.400. The number of alkyl halides is 1. The lowest BCUT2D eigenvalue weighted by Gasteiger charge is -2.05. The van der Waals surface area contributed by atoms with Crippen molar-refractivity contribution in [2.45, 2.75) is 24.0 Å². The van der Waals surface area contributed by atoms with Crippen molar-refractivity contribution in [2.75, 3.05) is 0 Å². The van der Waals surface area contributed by atoms with E-state index in [1.807, 2.05) is 6.07 Å². The molecule has 0 saturated carbocycles. The van der Waals surface area contributed by atoms with Crippen molar-refractivity contribution in [3.63, 3.8) is 0 Å². The van der Waals surface area contributed by atoms with E-state index < -0.39 is 0 Å². The molecule has 1 aromatic carbocycles. The number of hydrogen-bond donors (Lipinski definition) is 0. The highest BCUT2D eigenvalue weighted by Crippen LogP contribution is 2.39. The Labute approximate surface area is 80.9 Å². The average molecular weight is 227 g/mol. The number of hydrogen-bond acceptors (Lipinski definition) is 1. The van der Waals surface area contributed by atoms with Crippen LogP contribution in [-0.2, 0) is 4.74 Å². The molecule has 0 bridgehead atoms. The predicted molar refractivity (Wildman–Crippen MR) is 52.4 cm³/mol. The number of benzene rings is 1. The Morgan fingerprint density at radius 3 is 2.42 bits per heavy atom. The largest absolute Gasteiger partial charge is 0.368 e. The third kappa shape index (κ3) is 1.54. The topological polar surface area (TPSA) is 12.5 Å². The Bertz CT molecular complexity index is 260. The average Bonchev–Trinajstić information content (AvgIpc) is 2.83. The van der Waals surface area contributed by atoms with Gasteiger partial charge in [0.2, 0.25) is 0 Å². The highest BCUT2D eigenvalue weighted by atomic mass is 79.9. The van der Waals surface area contributed by atoms with Gasteiger partial charge >= 0.3 is 0 Å². The maximum Gasteiger partial charge on any atom is 0.100 e. The fourth-order valence-electron chi connectivity index (χ4n) is 1.34. The van der Waals surface area contributed by atoms with Crippen LogP contribution >= 0.6 is 15.9 Å². The zero-order valence-electron chi connectivity index (χ0n) is 6.91. The Hall–Kier alpha value is -0.340. The molecule has 1 aliphatic rings. The zero-order chi connectivity index (χ0) is 8.55. The molecule has 1 aromatic rings. The van der Waals surface area contributed by atoms with Gasteiger partial charge in [0.1, 0.15) is 6.10 Å². The molecule has 1 nitrogen and oxygen atoms in total. The Morgan fingerprint density at radius 2 is 1.92 bits per heavy atom. The first-order valence-corrected chi connectivity index (χ1v) is 5.05. The van der Waals surface area contributed by atoms with Gasteiger partial charge in [0, 0.05) is 0 Å². The van der Waals surface area contributed by atoms with Crippen LogP contribution in [0.5, 0.6) is 0 Å². The molecule has 64 valence electrons. The molecule has 0 spiro atoms. The van der Waals surface area contributed by atoms with Crippen LogP contribution < -0.4 is 0 Å². The van der Waals surface area contributed by atoms with Crippen molar-refractivity contribution >= 4 is 15.9 Å². The molecular weight excluding hydrogens is 216 g/mol. The van der Waals surface area contributed by atoms with Gasteiger partial charge < -0.3 is 4.74 Å². The minimum absolute atomic E-state index is 0.355. The smallest absolute Gasteiger partial charge is 0.100 e. The third-order valence-corrected chi connectivity index (χ3v) is 3.21. The molecular formula is C10H11BrO. The highest BCUT2D eigenvalue weighted by molar-refractivity contribution is 9.09. The van der Waals surface area contributed by atoms with Crippen LogP contribution in [0, 0.1) is 0 Å². The second-order valence-electron chi connectivity index (χ2n) is 3.12. The van der Waals surface area contributed by atoms with E-state index in [1.54, 1.807) is 0 Å². The van der Waals surface area contributed by atoms with Gasteiger partial charge in [0.25, 0.3) is 0 Å². The molecule has 3 unspecified atom stereocenters. The van der Waals surface area contributed by atoms with Crippen LogP contribution in [0.4, 0.5) is 0 Å². The van der Waals surface area contributed by atoms with Crippen molar-refractivity contribution in [1.29, 1.82) is 0 Å². The van der Waals surface area contributed by atoms with Crippen LogP contribution in [0.25, 0.3) is 0 Å². The number of rotatable bonds is 2. The van der Waals surface area contributed by atoms with Crippen molar-refractivity contribution in [3.05, 3.63) is 35.9 Å². The van der Waals surface area contributed by atoms with Crippen LogP contribution in [-0.4, -0.2) is 12.2 Å². The summed E-state index contributed by atoms with van der Waals surface area (Å²) in [6, 6.07) is 10.4. The summed E-state index contributed by atoms with van der Waals surface area (Å²) in [6.07, 6.45) is 0.780. The molecule has 1 fully saturated rings. The summed E-state index contributed by atoms with van der Waals surface area (Å²) < 4.78 is 5.39. The summed E-state index contributed by atoms with van der Waals surface area (Å²) in [5.41, 5.74) is 1.30. The van der Waals surface area contributed by atoms with E-state index >= 15 is 0 Å². The summed E-state index contributed by atoms with van der Waals surface area (Å²) in [7, 11) is 0. The lowest BCUT2D eigenvalue weighted by Crippen LogP contribution is -1.99. The van der Waals surface area contributed by atoms with E-state index in [-0.39, 0.29) is 0 Å². The van der Waals surface area contributed by atoms with Gasteiger partial charge in [-0.15, -0.1) is 0 Å². The normalized spacial score (nSPS) is 29.8. The summed E-state index contributed by atoms with van der Waals surface area (Å²) in [6.45, 7) is 2.10. The molecule has 0 aliphatic carbocycles. The molecule has 0 N–H and O–H groups in total. The number of ether oxygens (including phenoxy) is 1. The van der Waals surface area contributed by atoms with Gasteiger partial charge in [-0.1, -0.05) is 46.3 Å². The number of halogens is 1. The lowest BCUT2D eigenvalue weighted by molar-refractivity contribution is 0.377. The molecule has 0 amide bonds. The van der Waals surface area contributed by atoms with Crippen LogP contribution in [0.3, 0.4) is 0 Å². The Kier molecular flexibility index (Phi) is 2.20. The molecule has 3 atom stereocenters. The van der Waals surface area contributed by atoms with E-state index in [4.69, 9.17) is 4.74 Å².